The second-order valence-corrected chi connectivity index (χ2v) is 4.83. The number of carbonyl (C=O) groups is 1. The zero-order chi connectivity index (χ0) is 14.4. The molecule has 0 aliphatic carbocycles. The van der Waals surface area contributed by atoms with E-state index in [1.54, 1.807) is 4.90 Å². The monoisotopic (exact) mass is 263 g/mol. The molecule has 19 heavy (non-hydrogen) atoms. The molecule has 102 valence electrons. The molecule has 0 aromatic heterocycles. The van der Waals surface area contributed by atoms with E-state index in [0.29, 0.717) is 13.1 Å². The number of amides is 1. The van der Waals surface area contributed by atoms with Crippen LogP contribution in [0.4, 0.5) is 10.1 Å². The Bertz CT molecular complexity index is 474. The van der Waals surface area contributed by atoms with E-state index in [9.17, 15) is 9.18 Å². The molecule has 0 fully saturated rings. The van der Waals surface area contributed by atoms with Crippen molar-refractivity contribution in [1.29, 1.82) is 5.26 Å². The van der Waals surface area contributed by atoms with Crippen LogP contribution >= 0.6 is 0 Å². The van der Waals surface area contributed by atoms with E-state index in [1.165, 1.54) is 18.2 Å². The van der Waals surface area contributed by atoms with Crippen molar-refractivity contribution >= 4 is 11.6 Å². The van der Waals surface area contributed by atoms with Gasteiger partial charge in [0.05, 0.1) is 12.5 Å². The van der Waals surface area contributed by atoms with Crippen LogP contribution in [-0.2, 0) is 0 Å². The van der Waals surface area contributed by atoms with Gasteiger partial charge < -0.3 is 10.6 Å². The number of nitrogens with zero attached hydrogens (tertiary/aromatic N) is 2. The molecule has 0 aliphatic rings. The third-order valence-electron chi connectivity index (χ3n) is 2.53. The third-order valence-corrected chi connectivity index (χ3v) is 2.53. The minimum atomic E-state index is -0.534. The Morgan fingerprint density at radius 1 is 1.47 bits per heavy atom. The smallest absolute Gasteiger partial charge is 0.254 e. The molecule has 0 atom stereocenters. The van der Waals surface area contributed by atoms with E-state index in [-0.39, 0.29) is 29.5 Å². The fourth-order valence-corrected chi connectivity index (χ4v) is 1.82. The summed E-state index contributed by atoms with van der Waals surface area (Å²) in [7, 11) is 0. The Morgan fingerprint density at radius 2 is 2.16 bits per heavy atom. The van der Waals surface area contributed by atoms with Gasteiger partial charge in [-0.15, -0.1) is 0 Å². The Morgan fingerprint density at radius 3 is 2.68 bits per heavy atom. The molecule has 1 aromatic carbocycles. The van der Waals surface area contributed by atoms with Gasteiger partial charge in [-0.2, -0.15) is 5.26 Å². The van der Waals surface area contributed by atoms with Gasteiger partial charge in [0.2, 0.25) is 0 Å². The van der Waals surface area contributed by atoms with Crippen molar-refractivity contribution in [2.24, 2.45) is 5.92 Å². The van der Waals surface area contributed by atoms with E-state index >= 15 is 0 Å². The van der Waals surface area contributed by atoms with Crippen molar-refractivity contribution in [3.8, 4) is 6.07 Å². The maximum Gasteiger partial charge on any atom is 0.254 e. The van der Waals surface area contributed by atoms with E-state index in [1.807, 2.05) is 19.9 Å². The van der Waals surface area contributed by atoms with Crippen molar-refractivity contribution in [2.45, 2.75) is 20.3 Å². The lowest BCUT2D eigenvalue weighted by molar-refractivity contribution is 0.0739. The number of hydrogen-bond acceptors (Lipinski definition) is 3. The third kappa shape index (κ3) is 4.59. The molecule has 0 unspecified atom stereocenters. The summed E-state index contributed by atoms with van der Waals surface area (Å²) in [5, 5.41) is 8.62. The number of nitrogens with two attached hydrogens (primary N) is 1. The quantitative estimate of drug-likeness (QED) is 0.829. The Balaban J connectivity index is 2.94. The fraction of sp³-hybridized carbons (Fsp3) is 0.429. The van der Waals surface area contributed by atoms with Gasteiger partial charge in [0.15, 0.2) is 0 Å². The van der Waals surface area contributed by atoms with E-state index in [2.05, 4.69) is 0 Å². The number of rotatable bonds is 5. The lowest BCUT2D eigenvalue weighted by Gasteiger charge is -2.23. The van der Waals surface area contributed by atoms with Crippen LogP contribution in [0.5, 0.6) is 0 Å². The summed E-state index contributed by atoms with van der Waals surface area (Å²) in [6, 6.07) is 5.79. The van der Waals surface area contributed by atoms with Crippen LogP contribution in [0.15, 0.2) is 18.2 Å². The van der Waals surface area contributed by atoms with Gasteiger partial charge in [-0.3, -0.25) is 4.79 Å². The molecule has 1 amide bonds. The van der Waals surface area contributed by atoms with Crippen molar-refractivity contribution in [3.63, 3.8) is 0 Å². The summed E-state index contributed by atoms with van der Waals surface area (Å²) < 4.78 is 13.3. The molecule has 0 saturated heterocycles. The van der Waals surface area contributed by atoms with Crippen LogP contribution in [-0.4, -0.2) is 23.9 Å². The summed E-state index contributed by atoms with van der Waals surface area (Å²) in [5.74, 6) is -0.558. The highest BCUT2D eigenvalue weighted by Crippen LogP contribution is 2.14. The van der Waals surface area contributed by atoms with Gasteiger partial charge in [-0.1, -0.05) is 13.8 Å². The number of benzene rings is 1. The zero-order valence-corrected chi connectivity index (χ0v) is 11.2. The molecule has 0 spiro atoms. The molecule has 4 nitrogen and oxygen atoms in total. The highest BCUT2D eigenvalue weighted by Gasteiger charge is 2.17. The van der Waals surface area contributed by atoms with Crippen LogP contribution in [0.2, 0.25) is 0 Å². The van der Waals surface area contributed by atoms with Gasteiger partial charge in [0, 0.05) is 24.3 Å². The van der Waals surface area contributed by atoms with Crippen molar-refractivity contribution < 1.29 is 9.18 Å². The zero-order valence-electron chi connectivity index (χ0n) is 11.2. The molecular formula is C14H18FN3O. The van der Waals surface area contributed by atoms with Gasteiger partial charge in [-0.05, 0) is 24.1 Å². The van der Waals surface area contributed by atoms with Crippen molar-refractivity contribution in [1.82, 2.24) is 4.90 Å². The summed E-state index contributed by atoms with van der Waals surface area (Å²) >= 11 is 0. The fourth-order valence-electron chi connectivity index (χ4n) is 1.82. The first-order chi connectivity index (χ1) is 8.93. The second kappa shape index (κ2) is 6.74. The Kier molecular flexibility index (Phi) is 5.31. The molecule has 1 rings (SSSR count). The molecule has 0 radical (unpaired) electrons. The molecule has 0 aliphatic heterocycles. The first-order valence-electron chi connectivity index (χ1n) is 6.16. The van der Waals surface area contributed by atoms with Crippen LogP contribution in [0.25, 0.3) is 0 Å². The number of halogens is 1. The van der Waals surface area contributed by atoms with Crippen LogP contribution in [0.1, 0.15) is 30.6 Å². The lowest BCUT2D eigenvalue weighted by atomic mass is 10.1. The number of hydrogen-bond donors (Lipinski definition) is 1. The molecule has 0 saturated carbocycles. The standard InChI is InChI=1S/C14H18FN3O/c1-10(2)9-18(5-3-4-16)14(19)11-6-12(15)8-13(17)7-11/h6-8,10H,3,5,9,17H2,1-2H3. The predicted molar refractivity (Wildman–Crippen MR) is 71.8 cm³/mol. The first-order valence-corrected chi connectivity index (χ1v) is 6.16. The van der Waals surface area contributed by atoms with Crippen molar-refractivity contribution in [3.05, 3.63) is 29.6 Å². The minimum Gasteiger partial charge on any atom is -0.399 e. The van der Waals surface area contributed by atoms with Crippen LogP contribution in [0, 0.1) is 23.1 Å². The molecular weight excluding hydrogens is 245 g/mol. The highest BCUT2D eigenvalue weighted by atomic mass is 19.1. The van der Waals surface area contributed by atoms with Gasteiger partial charge >= 0.3 is 0 Å². The predicted octanol–water partition coefficient (Wildman–Crippen LogP) is 2.42. The summed E-state index contributed by atoms with van der Waals surface area (Å²) in [6.45, 7) is 4.82. The normalized spacial score (nSPS) is 10.3. The number of carbonyl (C=O) groups excluding carboxylic acids is 1. The topological polar surface area (TPSA) is 70.1 Å². The van der Waals surface area contributed by atoms with Gasteiger partial charge in [0.1, 0.15) is 5.82 Å². The molecule has 1 aromatic rings. The van der Waals surface area contributed by atoms with E-state index in [4.69, 9.17) is 11.0 Å². The summed E-state index contributed by atoms with van der Waals surface area (Å²) in [5.41, 5.74) is 5.97. The lowest BCUT2D eigenvalue weighted by Crippen LogP contribution is -2.35. The number of nitriles is 1. The number of anilines is 1. The molecule has 2 N–H and O–H groups in total. The second-order valence-electron chi connectivity index (χ2n) is 4.83. The average molecular weight is 263 g/mol. The van der Waals surface area contributed by atoms with E-state index in [0.717, 1.165) is 0 Å². The van der Waals surface area contributed by atoms with Crippen LogP contribution < -0.4 is 5.73 Å². The van der Waals surface area contributed by atoms with Gasteiger partial charge in [0.25, 0.3) is 5.91 Å². The molecule has 5 heteroatoms. The first kappa shape index (κ1) is 15.0. The summed E-state index contributed by atoms with van der Waals surface area (Å²) in [6.07, 6.45) is 0.253. The minimum absolute atomic E-state index is 0.216. The molecule has 0 heterocycles. The molecule has 0 bridgehead atoms. The SMILES string of the molecule is CC(C)CN(CCC#N)C(=O)c1cc(N)cc(F)c1. The summed E-state index contributed by atoms with van der Waals surface area (Å²) in [4.78, 5) is 13.8. The Labute approximate surface area is 112 Å². The maximum absolute atomic E-state index is 13.3. The Hall–Kier alpha value is -2.09. The highest BCUT2D eigenvalue weighted by molar-refractivity contribution is 5.95. The van der Waals surface area contributed by atoms with E-state index < -0.39 is 5.82 Å². The average Bonchev–Trinajstić information content (AvgIpc) is 2.32. The van der Waals surface area contributed by atoms with Crippen LogP contribution in [0.3, 0.4) is 0 Å². The van der Waals surface area contributed by atoms with Gasteiger partial charge in [-0.25, -0.2) is 4.39 Å². The maximum atomic E-state index is 13.3. The van der Waals surface area contributed by atoms with Crippen molar-refractivity contribution in [2.75, 3.05) is 18.8 Å². The number of nitrogen functional groups attached to an aromatic ring is 1. The largest absolute Gasteiger partial charge is 0.399 e.